The minimum Gasteiger partial charge on any atom is -0.489 e. The molecule has 3 N–H and O–H groups in total. The van der Waals surface area contributed by atoms with Crippen molar-refractivity contribution in [2.45, 2.75) is 32.8 Å². The molecule has 4 heteroatoms. The fourth-order valence-corrected chi connectivity index (χ4v) is 3.42. The molecule has 1 heterocycles. The number of rotatable bonds is 5. The Morgan fingerprint density at radius 2 is 2.11 bits per heavy atom. The molecule has 0 aliphatic carbocycles. The van der Waals surface area contributed by atoms with Crippen LogP contribution in [0.2, 0.25) is 0 Å². The van der Waals surface area contributed by atoms with E-state index >= 15 is 0 Å². The molecular formula is C15H24N2OS. The topological polar surface area (TPSA) is 47.3 Å². The van der Waals surface area contributed by atoms with Gasteiger partial charge in [-0.05, 0) is 56.2 Å². The van der Waals surface area contributed by atoms with Gasteiger partial charge in [0.1, 0.15) is 5.75 Å². The van der Waals surface area contributed by atoms with Crippen molar-refractivity contribution in [3.05, 3.63) is 18.2 Å². The fraction of sp³-hybridized carbons (Fsp3) is 0.600. The van der Waals surface area contributed by atoms with E-state index in [9.17, 15) is 0 Å². The molecule has 1 aliphatic heterocycles. The molecule has 2 rings (SSSR count). The molecule has 1 aromatic carbocycles. The van der Waals surface area contributed by atoms with Crippen LogP contribution in [0.3, 0.4) is 0 Å². The maximum atomic E-state index is 5.92. The summed E-state index contributed by atoms with van der Waals surface area (Å²) >= 11 is 2.07. The van der Waals surface area contributed by atoms with Crippen LogP contribution in [0.25, 0.3) is 0 Å². The summed E-state index contributed by atoms with van der Waals surface area (Å²) in [6, 6.07) is 5.95. The third-order valence-electron chi connectivity index (χ3n) is 3.31. The van der Waals surface area contributed by atoms with Gasteiger partial charge in [-0.25, -0.2) is 0 Å². The first-order valence-electron chi connectivity index (χ1n) is 7.03. The third kappa shape index (κ3) is 4.53. The summed E-state index contributed by atoms with van der Waals surface area (Å²) in [7, 11) is 0. The zero-order valence-electron chi connectivity index (χ0n) is 11.8. The van der Waals surface area contributed by atoms with Gasteiger partial charge in [0.15, 0.2) is 0 Å². The summed E-state index contributed by atoms with van der Waals surface area (Å²) in [5.41, 5.74) is 7.72. The van der Waals surface area contributed by atoms with Gasteiger partial charge in [0.25, 0.3) is 0 Å². The predicted molar refractivity (Wildman–Crippen MR) is 85.2 cm³/mol. The lowest BCUT2D eigenvalue weighted by atomic mass is 10.0. The van der Waals surface area contributed by atoms with Crippen LogP contribution in [-0.2, 0) is 0 Å². The van der Waals surface area contributed by atoms with Gasteiger partial charge in [0.2, 0.25) is 0 Å². The molecule has 1 saturated heterocycles. The molecule has 106 valence electrons. The van der Waals surface area contributed by atoms with Crippen molar-refractivity contribution in [3.63, 3.8) is 0 Å². The third-order valence-corrected chi connectivity index (χ3v) is 4.36. The van der Waals surface area contributed by atoms with Gasteiger partial charge < -0.3 is 15.8 Å². The van der Waals surface area contributed by atoms with Crippen LogP contribution in [0.15, 0.2) is 18.2 Å². The van der Waals surface area contributed by atoms with Crippen molar-refractivity contribution >= 4 is 23.1 Å². The average molecular weight is 280 g/mol. The van der Waals surface area contributed by atoms with Crippen LogP contribution < -0.4 is 15.8 Å². The molecule has 0 bridgehead atoms. The highest BCUT2D eigenvalue weighted by Gasteiger charge is 2.13. The van der Waals surface area contributed by atoms with Gasteiger partial charge in [-0.2, -0.15) is 11.8 Å². The first-order chi connectivity index (χ1) is 9.15. The van der Waals surface area contributed by atoms with Gasteiger partial charge in [0.05, 0.1) is 11.8 Å². The van der Waals surface area contributed by atoms with E-state index in [0.717, 1.165) is 23.9 Å². The number of thioether (sulfide) groups is 1. The molecule has 0 aromatic heterocycles. The van der Waals surface area contributed by atoms with E-state index in [1.54, 1.807) is 0 Å². The SMILES string of the molecule is CC(C)Oc1cc(NCC2CCSCC2)ccc1N. The molecule has 0 unspecified atom stereocenters. The number of nitrogen functional groups attached to an aromatic ring is 1. The number of benzene rings is 1. The summed E-state index contributed by atoms with van der Waals surface area (Å²) in [6.07, 6.45) is 2.79. The smallest absolute Gasteiger partial charge is 0.144 e. The molecule has 0 saturated carbocycles. The minimum absolute atomic E-state index is 0.146. The van der Waals surface area contributed by atoms with Crippen LogP contribution in [0, 0.1) is 5.92 Å². The number of nitrogens with two attached hydrogens (primary N) is 1. The maximum Gasteiger partial charge on any atom is 0.144 e. The van der Waals surface area contributed by atoms with Crippen LogP contribution >= 0.6 is 11.8 Å². The quantitative estimate of drug-likeness (QED) is 0.809. The predicted octanol–water partition coefficient (Wildman–Crippen LogP) is 3.61. The average Bonchev–Trinajstić information content (AvgIpc) is 2.40. The molecule has 0 amide bonds. The number of nitrogens with one attached hydrogen (secondary N) is 1. The number of ether oxygens (including phenoxy) is 1. The molecule has 1 aromatic rings. The van der Waals surface area contributed by atoms with E-state index < -0.39 is 0 Å². The van der Waals surface area contributed by atoms with Crippen molar-refractivity contribution in [1.29, 1.82) is 0 Å². The fourth-order valence-electron chi connectivity index (χ4n) is 2.21. The van der Waals surface area contributed by atoms with Crippen LogP contribution in [0.5, 0.6) is 5.75 Å². The van der Waals surface area contributed by atoms with E-state index in [4.69, 9.17) is 10.5 Å². The highest BCUT2D eigenvalue weighted by atomic mass is 32.2. The van der Waals surface area contributed by atoms with Gasteiger partial charge in [-0.1, -0.05) is 0 Å². The normalized spacial score (nSPS) is 16.6. The lowest BCUT2D eigenvalue weighted by Crippen LogP contribution is -2.19. The van der Waals surface area contributed by atoms with Gasteiger partial charge >= 0.3 is 0 Å². The van der Waals surface area contributed by atoms with Crippen molar-refractivity contribution < 1.29 is 4.74 Å². The first-order valence-corrected chi connectivity index (χ1v) is 8.18. The highest BCUT2D eigenvalue weighted by Crippen LogP contribution is 2.28. The highest BCUT2D eigenvalue weighted by molar-refractivity contribution is 7.99. The van der Waals surface area contributed by atoms with Crippen LogP contribution in [-0.4, -0.2) is 24.2 Å². The number of anilines is 2. The van der Waals surface area contributed by atoms with E-state index in [0.29, 0.717) is 5.69 Å². The summed E-state index contributed by atoms with van der Waals surface area (Å²) in [5, 5.41) is 3.51. The van der Waals surface area contributed by atoms with E-state index in [2.05, 4.69) is 17.1 Å². The summed E-state index contributed by atoms with van der Waals surface area (Å²) in [4.78, 5) is 0. The Kier molecular flexibility index (Phi) is 5.25. The van der Waals surface area contributed by atoms with E-state index in [1.807, 2.05) is 32.0 Å². The molecule has 19 heavy (non-hydrogen) atoms. The molecule has 0 spiro atoms. The van der Waals surface area contributed by atoms with Gasteiger partial charge in [0, 0.05) is 18.3 Å². The van der Waals surface area contributed by atoms with Crippen LogP contribution in [0.1, 0.15) is 26.7 Å². The van der Waals surface area contributed by atoms with E-state index in [-0.39, 0.29) is 6.10 Å². The van der Waals surface area contributed by atoms with Crippen molar-refractivity contribution in [2.75, 3.05) is 29.1 Å². The van der Waals surface area contributed by atoms with Crippen molar-refractivity contribution in [3.8, 4) is 5.75 Å². The van der Waals surface area contributed by atoms with E-state index in [1.165, 1.54) is 24.3 Å². The number of hydrogen-bond acceptors (Lipinski definition) is 4. The zero-order valence-corrected chi connectivity index (χ0v) is 12.6. The molecule has 1 fully saturated rings. The standard InChI is InChI=1S/C15H24N2OS/c1-11(2)18-15-9-13(3-4-14(15)16)17-10-12-5-7-19-8-6-12/h3-4,9,11-12,17H,5-8,10,16H2,1-2H3. The Bertz CT molecular complexity index is 403. The zero-order chi connectivity index (χ0) is 13.7. The lowest BCUT2D eigenvalue weighted by Gasteiger charge is -2.22. The molecule has 0 atom stereocenters. The molecule has 0 radical (unpaired) electrons. The molecule has 1 aliphatic rings. The Hall–Kier alpha value is -1.03. The second-order valence-electron chi connectivity index (χ2n) is 5.36. The monoisotopic (exact) mass is 280 g/mol. The van der Waals surface area contributed by atoms with Crippen molar-refractivity contribution in [2.24, 2.45) is 5.92 Å². The summed E-state index contributed by atoms with van der Waals surface area (Å²) < 4.78 is 5.71. The van der Waals surface area contributed by atoms with Gasteiger partial charge in [-0.3, -0.25) is 0 Å². The summed E-state index contributed by atoms with van der Waals surface area (Å²) in [5.74, 6) is 4.18. The minimum atomic E-state index is 0.146. The Balaban J connectivity index is 1.92. The van der Waals surface area contributed by atoms with Gasteiger partial charge in [-0.15, -0.1) is 0 Å². The van der Waals surface area contributed by atoms with Crippen LogP contribution in [0.4, 0.5) is 11.4 Å². The maximum absolute atomic E-state index is 5.92. The lowest BCUT2D eigenvalue weighted by molar-refractivity contribution is 0.244. The Labute approximate surface area is 120 Å². The Morgan fingerprint density at radius 1 is 1.37 bits per heavy atom. The molecular weight excluding hydrogens is 256 g/mol. The number of hydrogen-bond donors (Lipinski definition) is 2. The largest absolute Gasteiger partial charge is 0.489 e. The van der Waals surface area contributed by atoms with Crippen molar-refractivity contribution in [1.82, 2.24) is 0 Å². The first kappa shape index (κ1) is 14.4. The molecule has 3 nitrogen and oxygen atoms in total. The Morgan fingerprint density at radius 3 is 2.79 bits per heavy atom. The second-order valence-corrected chi connectivity index (χ2v) is 6.58. The summed E-state index contributed by atoms with van der Waals surface area (Å²) in [6.45, 7) is 5.07. The second kappa shape index (κ2) is 6.94.